The van der Waals surface area contributed by atoms with E-state index in [0.29, 0.717) is 40.0 Å². The Morgan fingerprint density at radius 3 is 2.56 bits per heavy atom. The minimum absolute atomic E-state index is 0.0598. The summed E-state index contributed by atoms with van der Waals surface area (Å²) in [6, 6.07) is 11.8. The van der Waals surface area contributed by atoms with Gasteiger partial charge in [-0.15, -0.1) is 0 Å². The van der Waals surface area contributed by atoms with Crippen molar-refractivity contribution >= 4 is 52.0 Å². The molecule has 5 rings (SSSR count). The molecule has 0 spiro atoms. The molecule has 2 heterocycles. The van der Waals surface area contributed by atoms with Gasteiger partial charge in [-0.3, -0.25) is 0 Å². The number of allylic oxidation sites excluding steroid dienone is 1. The molecule has 0 aliphatic heterocycles. The van der Waals surface area contributed by atoms with Crippen LogP contribution < -0.4 is 11.5 Å². The minimum atomic E-state index is -0.558. The first-order valence-corrected chi connectivity index (χ1v) is 10.8. The van der Waals surface area contributed by atoms with Crippen LogP contribution in [0.5, 0.6) is 0 Å². The zero-order chi connectivity index (χ0) is 23.8. The van der Waals surface area contributed by atoms with Crippen molar-refractivity contribution in [3.05, 3.63) is 81.5 Å². The Morgan fingerprint density at radius 1 is 1.03 bits per heavy atom. The van der Waals surface area contributed by atoms with Crippen molar-refractivity contribution in [2.45, 2.75) is 19.4 Å². The van der Waals surface area contributed by atoms with Crippen LogP contribution in [0.1, 0.15) is 39.4 Å². The van der Waals surface area contributed by atoms with Crippen LogP contribution in [0.3, 0.4) is 0 Å². The molecule has 4 aromatic rings. The fourth-order valence-corrected chi connectivity index (χ4v) is 4.28. The molecule has 0 amide bonds. The molecule has 0 radical (unpaired) electrons. The Morgan fingerprint density at radius 2 is 1.79 bits per heavy atom. The number of nitrogens with two attached hydrogens (primary N) is 2. The number of rotatable bonds is 4. The zero-order valence-electron chi connectivity index (χ0n) is 17.8. The van der Waals surface area contributed by atoms with Crippen molar-refractivity contribution < 1.29 is 13.9 Å². The lowest BCUT2D eigenvalue weighted by molar-refractivity contribution is 0.0463. The van der Waals surface area contributed by atoms with Gasteiger partial charge in [0.15, 0.2) is 12.4 Å². The summed E-state index contributed by atoms with van der Waals surface area (Å²) in [5.41, 5.74) is 14.6. The average molecular weight is 477 g/mol. The molecule has 0 saturated carbocycles. The lowest BCUT2D eigenvalue weighted by atomic mass is 10.0. The second kappa shape index (κ2) is 8.68. The Labute approximate surface area is 198 Å². The second-order valence-electron chi connectivity index (χ2n) is 7.68. The number of pyridine rings is 1. The van der Waals surface area contributed by atoms with Gasteiger partial charge < -0.3 is 16.2 Å². The van der Waals surface area contributed by atoms with E-state index in [-0.39, 0.29) is 29.9 Å². The lowest BCUT2D eigenvalue weighted by Crippen LogP contribution is -2.13. The van der Waals surface area contributed by atoms with Gasteiger partial charge in [-0.05, 0) is 48.3 Å². The first-order valence-electron chi connectivity index (χ1n) is 10.4. The van der Waals surface area contributed by atoms with Gasteiger partial charge in [0.05, 0.1) is 21.8 Å². The van der Waals surface area contributed by atoms with Gasteiger partial charge in [0.2, 0.25) is 11.9 Å². The van der Waals surface area contributed by atoms with Crippen LogP contribution in [0.15, 0.2) is 42.5 Å². The highest BCUT2D eigenvalue weighted by atomic mass is 35.5. The topological polar surface area (TPSA) is 130 Å². The molecule has 0 atom stereocenters. The minimum Gasteiger partial charge on any atom is -0.454 e. The molecule has 2 aromatic carbocycles. The van der Waals surface area contributed by atoms with Crippen LogP contribution in [0, 0.1) is 5.82 Å². The van der Waals surface area contributed by atoms with Gasteiger partial charge in [-0.2, -0.15) is 15.0 Å². The van der Waals surface area contributed by atoms with E-state index < -0.39 is 11.8 Å². The molecular weight excluding hydrogens is 459 g/mol. The van der Waals surface area contributed by atoms with Crippen molar-refractivity contribution in [1.29, 1.82) is 0 Å². The summed E-state index contributed by atoms with van der Waals surface area (Å²) in [4.78, 5) is 29.6. The number of aromatic nitrogens is 4. The number of fused-ring (bicyclic) bond motifs is 2. The third-order valence-corrected chi connectivity index (χ3v) is 5.84. The number of anilines is 2. The van der Waals surface area contributed by atoms with Crippen molar-refractivity contribution in [3.63, 3.8) is 0 Å². The Bertz CT molecular complexity index is 1450. The number of nitrogens with zero attached hydrogens (tertiary/aromatic N) is 4. The molecular formula is C24H18ClFN6O2. The number of nitrogen functional groups attached to an aromatic ring is 2. The molecule has 0 saturated heterocycles. The van der Waals surface area contributed by atoms with Gasteiger partial charge in [0.25, 0.3) is 0 Å². The molecule has 0 fully saturated rings. The molecule has 4 N–H and O–H groups in total. The van der Waals surface area contributed by atoms with Gasteiger partial charge >= 0.3 is 5.97 Å². The van der Waals surface area contributed by atoms with Gasteiger partial charge in [0.1, 0.15) is 5.82 Å². The van der Waals surface area contributed by atoms with E-state index in [1.165, 1.54) is 6.07 Å². The number of para-hydroxylation sites is 1. The summed E-state index contributed by atoms with van der Waals surface area (Å²) in [7, 11) is 0. The Balaban J connectivity index is 1.57. The Hall–Kier alpha value is -4.11. The standard InChI is InChI=1S/C24H18ClFN6O2/c25-16-5-3-6-17(26)15(16)10-12-8-9-14-20(13-4-1-2-7-18(13)29-21(12)14)22(33)34-11-19-30-23(27)32-24(28)31-19/h1-7,10H,8-9,11H2,(H4,27,28,30,31,32). The summed E-state index contributed by atoms with van der Waals surface area (Å²) >= 11 is 6.22. The van der Waals surface area contributed by atoms with E-state index >= 15 is 0 Å². The van der Waals surface area contributed by atoms with Gasteiger partial charge in [-0.1, -0.05) is 35.9 Å². The van der Waals surface area contributed by atoms with Crippen LogP contribution in [0.2, 0.25) is 5.02 Å². The van der Waals surface area contributed by atoms with Crippen molar-refractivity contribution in [2.75, 3.05) is 11.5 Å². The van der Waals surface area contributed by atoms with E-state index in [1.54, 1.807) is 18.2 Å². The predicted octanol–water partition coefficient (Wildman–Crippen LogP) is 4.22. The number of hydrogen-bond donors (Lipinski definition) is 2. The van der Waals surface area contributed by atoms with Crippen LogP contribution in [-0.4, -0.2) is 25.9 Å². The normalized spacial score (nSPS) is 13.9. The smallest absolute Gasteiger partial charge is 0.339 e. The summed E-state index contributed by atoms with van der Waals surface area (Å²) in [6.07, 6.45) is 2.81. The molecule has 0 bridgehead atoms. The number of benzene rings is 2. The second-order valence-corrected chi connectivity index (χ2v) is 8.09. The molecule has 10 heteroatoms. The first kappa shape index (κ1) is 21.7. The molecule has 2 aromatic heterocycles. The maximum absolute atomic E-state index is 14.4. The zero-order valence-corrected chi connectivity index (χ0v) is 18.5. The van der Waals surface area contributed by atoms with Crippen molar-refractivity contribution in [1.82, 2.24) is 19.9 Å². The highest BCUT2D eigenvalue weighted by Crippen LogP contribution is 2.38. The van der Waals surface area contributed by atoms with Crippen molar-refractivity contribution in [2.24, 2.45) is 0 Å². The fourth-order valence-electron chi connectivity index (χ4n) is 4.06. The number of halogens is 2. The van der Waals surface area contributed by atoms with E-state index in [2.05, 4.69) is 15.0 Å². The molecule has 1 aliphatic carbocycles. The van der Waals surface area contributed by atoms with Crippen molar-refractivity contribution in [3.8, 4) is 0 Å². The molecule has 1 aliphatic rings. The third kappa shape index (κ3) is 4.01. The maximum Gasteiger partial charge on any atom is 0.339 e. The first-order chi connectivity index (χ1) is 16.4. The van der Waals surface area contributed by atoms with Crippen LogP contribution in [0.4, 0.5) is 16.3 Å². The highest BCUT2D eigenvalue weighted by molar-refractivity contribution is 6.32. The van der Waals surface area contributed by atoms with Crippen LogP contribution in [-0.2, 0) is 17.8 Å². The van der Waals surface area contributed by atoms with Crippen LogP contribution in [0.25, 0.3) is 22.6 Å². The predicted molar refractivity (Wildman–Crippen MR) is 127 cm³/mol. The quantitative estimate of drug-likeness (QED) is 0.419. The molecule has 8 nitrogen and oxygen atoms in total. The van der Waals surface area contributed by atoms with E-state index in [1.807, 2.05) is 24.3 Å². The summed E-state index contributed by atoms with van der Waals surface area (Å²) in [6.45, 7) is -0.227. The summed E-state index contributed by atoms with van der Waals surface area (Å²) < 4.78 is 19.9. The molecule has 34 heavy (non-hydrogen) atoms. The lowest BCUT2D eigenvalue weighted by Gasteiger charge is -2.12. The van der Waals surface area contributed by atoms with E-state index in [4.69, 9.17) is 32.8 Å². The van der Waals surface area contributed by atoms with Gasteiger partial charge in [0, 0.05) is 10.9 Å². The monoisotopic (exact) mass is 476 g/mol. The third-order valence-electron chi connectivity index (χ3n) is 5.51. The number of ether oxygens (including phenoxy) is 1. The van der Waals surface area contributed by atoms with Gasteiger partial charge in [-0.25, -0.2) is 14.2 Å². The fraction of sp³-hybridized carbons (Fsp3) is 0.125. The Kier molecular flexibility index (Phi) is 5.54. The number of hydrogen-bond acceptors (Lipinski definition) is 8. The number of esters is 1. The summed E-state index contributed by atoms with van der Waals surface area (Å²) in [5, 5.41) is 0.961. The summed E-state index contributed by atoms with van der Waals surface area (Å²) in [5.74, 6) is -0.962. The maximum atomic E-state index is 14.4. The molecule has 0 unspecified atom stereocenters. The number of carbonyl (C=O) groups excluding carboxylic acids is 1. The average Bonchev–Trinajstić information content (AvgIpc) is 3.20. The number of carbonyl (C=O) groups is 1. The largest absolute Gasteiger partial charge is 0.454 e. The van der Waals surface area contributed by atoms with Crippen LogP contribution >= 0.6 is 11.6 Å². The highest BCUT2D eigenvalue weighted by Gasteiger charge is 2.28. The SMILES string of the molecule is Nc1nc(N)nc(COC(=O)c2c3c(nc4ccccc24)C(=Cc2c(F)cccc2Cl)CC3)n1. The van der Waals surface area contributed by atoms with E-state index in [9.17, 15) is 9.18 Å². The molecule has 170 valence electrons. The van der Waals surface area contributed by atoms with E-state index in [0.717, 1.165) is 11.1 Å².